The maximum Gasteiger partial charge on any atom is 0.299 e. The number of nitrogens with zero attached hydrogens (tertiary/aromatic N) is 3. The van der Waals surface area contributed by atoms with Gasteiger partial charge in [0.25, 0.3) is 11.7 Å². The van der Waals surface area contributed by atoms with Crippen molar-refractivity contribution in [2.75, 3.05) is 11.4 Å². The van der Waals surface area contributed by atoms with Gasteiger partial charge in [-0.1, -0.05) is 0 Å². The van der Waals surface area contributed by atoms with E-state index in [0.717, 1.165) is 0 Å². The van der Waals surface area contributed by atoms with Crippen molar-refractivity contribution in [1.82, 2.24) is 9.55 Å². The Morgan fingerprint density at radius 2 is 2.05 bits per heavy atom. The molecular formula is C14H12FN3O2. The van der Waals surface area contributed by atoms with E-state index < -0.39 is 17.5 Å². The SMILES string of the molecule is O=C1C(=O)N(CCCn2ccnc2)c2cc(F)ccc21. The molecule has 0 saturated heterocycles. The van der Waals surface area contributed by atoms with E-state index in [0.29, 0.717) is 25.2 Å². The van der Waals surface area contributed by atoms with Crippen LogP contribution in [0, 0.1) is 5.82 Å². The Bertz CT molecular complexity index is 667. The second kappa shape index (κ2) is 4.88. The number of Topliss-reactive ketones (excluding diaryl/α,β-unsaturated/α-hetero) is 1. The number of carbonyl (C=O) groups is 2. The van der Waals surface area contributed by atoms with Crippen molar-refractivity contribution >= 4 is 17.4 Å². The zero-order valence-electron chi connectivity index (χ0n) is 10.6. The van der Waals surface area contributed by atoms with E-state index in [1.807, 2.05) is 10.8 Å². The fraction of sp³-hybridized carbons (Fsp3) is 0.214. The fourth-order valence-electron chi connectivity index (χ4n) is 2.32. The van der Waals surface area contributed by atoms with Gasteiger partial charge >= 0.3 is 0 Å². The summed E-state index contributed by atoms with van der Waals surface area (Å²) in [6.45, 7) is 1.06. The van der Waals surface area contributed by atoms with Gasteiger partial charge < -0.3 is 9.47 Å². The van der Waals surface area contributed by atoms with Crippen LogP contribution >= 0.6 is 0 Å². The Hall–Kier alpha value is -2.50. The second-order valence-corrected chi connectivity index (χ2v) is 4.60. The van der Waals surface area contributed by atoms with Crippen molar-refractivity contribution in [3.63, 3.8) is 0 Å². The number of aryl methyl sites for hydroxylation is 1. The molecule has 102 valence electrons. The smallest absolute Gasteiger partial charge is 0.299 e. The van der Waals surface area contributed by atoms with Gasteiger partial charge in [0.1, 0.15) is 5.82 Å². The molecule has 1 aliphatic rings. The molecule has 0 N–H and O–H groups in total. The van der Waals surface area contributed by atoms with Gasteiger partial charge in [0, 0.05) is 25.5 Å². The largest absolute Gasteiger partial charge is 0.337 e. The lowest BCUT2D eigenvalue weighted by atomic mass is 10.1. The minimum atomic E-state index is -0.587. The topological polar surface area (TPSA) is 55.2 Å². The van der Waals surface area contributed by atoms with E-state index in [1.165, 1.54) is 23.1 Å². The summed E-state index contributed by atoms with van der Waals surface area (Å²) in [6, 6.07) is 3.79. The predicted molar refractivity (Wildman–Crippen MR) is 69.9 cm³/mol. The minimum absolute atomic E-state index is 0.277. The number of imidazole rings is 1. The van der Waals surface area contributed by atoms with E-state index in [-0.39, 0.29) is 5.56 Å². The summed E-state index contributed by atoms with van der Waals surface area (Å²) < 4.78 is 15.2. The van der Waals surface area contributed by atoms with E-state index in [1.54, 1.807) is 12.5 Å². The number of benzene rings is 1. The number of aromatic nitrogens is 2. The van der Waals surface area contributed by atoms with Crippen molar-refractivity contribution in [2.24, 2.45) is 0 Å². The summed E-state index contributed by atoms with van der Waals surface area (Å²) >= 11 is 0. The number of hydrogen-bond donors (Lipinski definition) is 0. The highest BCUT2D eigenvalue weighted by Gasteiger charge is 2.35. The molecule has 0 radical (unpaired) electrons. The molecule has 0 atom stereocenters. The Labute approximate surface area is 114 Å². The molecule has 3 rings (SSSR count). The molecule has 2 aromatic rings. The van der Waals surface area contributed by atoms with Gasteiger partial charge in [-0.2, -0.15) is 0 Å². The molecule has 0 spiro atoms. The second-order valence-electron chi connectivity index (χ2n) is 4.60. The van der Waals surface area contributed by atoms with E-state index in [4.69, 9.17) is 0 Å². The van der Waals surface area contributed by atoms with Crippen molar-refractivity contribution in [3.8, 4) is 0 Å². The van der Waals surface area contributed by atoms with Gasteiger partial charge in [0.15, 0.2) is 0 Å². The summed E-state index contributed by atoms with van der Waals surface area (Å²) in [7, 11) is 0. The maximum absolute atomic E-state index is 13.3. The molecule has 1 amide bonds. The minimum Gasteiger partial charge on any atom is -0.337 e. The zero-order chi connectivity index (χ0) is 14.1. The molecule has 1 aromatic carbocycles. The monoisotopic (exact) mass is 273 g/mol. The van der Waals surface area contributed by atoms with Crippen LogP contribution in [0.4, 0.5) is 10.1 Å². The summed E-state index contributed by atoms with van der Waals surface area (Å²) in [6.07, 6.45) is 5.84. The number of carbonyl (C=O) groups excluding carboxylic acids is 2. The van der Waals surface area contributed by atoms with Gasteiger partial charge in [-0.3, -0.25) is 9.59 Å². The molecule has 0 aliphatic carbocycles. The summed E-state index contributed by atoms with van der Waals surface area (Å²) in [5, 5.41) is 0. The molecular weight excluding hydrogens is 261 g/mol. The molecule has 5 nitrogen and oxygen atoms in total. The summed E-state index contributed by atoms with van der Waals surface area (Å²) in [5.41, 5.74) is 0.643. The van der Waals surface area contributed by atoms with Gasteiger partial charge in [0.05, 0.1) is 17.6 Å². The van der Waals surface area contributed by atoms with Crippen LogP contribution in [0.2, 0.25) is 0 Å². The number of anilines is 1. The average Bonchev–Trinajstić information content (AvgIpc) is 3.02. The standard InChI is InChI=1S/C14H12FN3O2/c15-10-2-3-11-12(8-10)18(14(20)13(11)19)6-1-5-17-7-4-16-9-17/h2-4,7-9H,1,5-6H2. The number of ketones is 1. The quantitative estimate of drug-likeness (QED) is 0.796. The highest BCUT2D eigenvalue weighted by molar-refractivity contribution is 6.52. The number of halogens is 1. The zero-order valence-corrected chi connectivity index (χ0v) is 10.6. The average molecular weight is 273 g/mol. The van der Waals surface area contributed by atoms with Crippen LogP contribution in [-0.2, 0) is 11.3 Å². The lowest BCUT2D eigenvalue weighted by Crippen LogP contribution is -2.31. The van der Waals surface area contributed by atoms with Crippen molar-refractivity contribution in [1.29, 1.82) is 0 Å². The summed E-state index contributed by atoms with van der Waals surface area (Å²) in [5.74, 6) is -1.61. The Morgan fingerprint density at radius 1 is 1.20 bits per heavy atom. The third-order valence-corrected chi connectivity index (χ3v) is 3.29. The lowest BCUT2D eigenvalue weighted by Gasteiger charge is -2.16. The Balaban J connectivity index is 1.75. The van der Waals surface area contributed by atoms with Crippen LogP contribution < -0.4 is 4.90 Å². The first-order chi connectivity index (χ1) is 9.66. The highest BCUT2D eigenvalue weighted by Crippen LogP contribution is 2.29. The lowest BCUT2D eigenvalue weighted by molar-refractivity contribution is -0.114. The first-order valence-corrected chi connectivity index (χ1v) is 6.28. The van der Waals surface area contributed by atoms with Crippen LogP contribution in [0.1, 0.15) is 16.8 Å². The Kier molecular flexibility index (Phi) is 3.06. The van der Waals surface area contributed by atoms with Crippen LogP contribution in [0.25, 0.3) is 0 Å². The number of hydrogen-bond acceptors (Lipinski definition) is 3. The van der Waals surface area contributed by atoms with Crippen molar-refractivity contribution in [3.05, 3.63) is 48.3 Å². The van der Waals surface area contributed by atoms with E-state index in [2.05, 4.69) is 4.98 Å². The van der Waals surface area contributed by atoms with Gasteiger partial charge in [-0.25, -0.2) is 9.37 Å². The molecule has 0 fully saturated rings. The molecule has 20 heavy (non-hydrogen) atoms. The third-order valence-electron chi connectivity index (χ3n) is 3.29. The first kappa shape index (κ1) is 12.5. The van der Waals surface area contributed by atoms with Crippen molar-refractivity contribution in [2.45, 2.75) is 13.0 Å². The van der Waals surface area contributed by atoms with Gasteiger partial charge in [-0.05, 0) is 24.6 Å². The van der Waals surface area contributed by atoms with Crippen LogP contribution in [0.5, 0.6) is 0 Å². The first-order valence-electron chi connectivity index (χ1n) is 6.28. The van der Waals surface area contributed by atoms with E-state index in [9.17, 15) is 14.0 Å². The van der Waals surface area contributed by atoms with Crippen LogP contribution in [-0.4, -0.2) is 27.8 Å². The number of amides is 1. The normalized spacial score (nSPS) is 13.9. The van der Waals surface area contributed by atoms with Crippen molar-refractivity contribution < 1.29 is 14.0 Å². The van der Waals surface area contributed by atoms with Gasteiger partial charge in [-0.15, -0.1) is 0 Å². The molecule has 6 heteroatoms. The maximum atomic E-state index is 13.3. The predicted octanol–water partition coefficient (Wildman–Crippen LogP) is 1.64. The summed E-state index contributed by atoms with van der Waals surface area (Å²) in [4.78, 5) is 29.0. The van der Waals surface area contributed by atoms with Gasteiger partial charge in [0.2, 0.25) is 0 Å². The molecule has 0 unspecified atom stereocenters. The highest BCUT2D eigenvalue weighted by atomic mass is 19.1. The number of fused-ring (bicyclic) bond motifs is 1. The van der Waals surface area contributed by atoms with Crippen LogP contribution in [0.3, 0.4) is 0 Å². The Morgan fingerprint density at radius 3 is 2.80 bits per heavy atom. The number of rotatable bonds is 4. The molecule has 0 saturated carbocycles. The molecule has 2 heterocycles. The molecule has 1 aromatic heterocycles. The van der Waals surface area contributed by atoms with E-state index >= 15 is 0 Å². The molecule has 1 aliphatic heterocycles. The third kappa shape index (κ3) is 2.09. The van der Waals surface area contributed by atoms with Crippen LogP contribution in [0.15, 0.2) is 36.9 Å². The fourth-order valence-corrected chi connectivity index (χ4v) is 2.32. The molecule has 0 bridgehead atoms.